The predicted octanol–water partition coefficient (Wildman–Crippen LogP) is -0.945. The van der Waals surface area contributed by atoms with Crippen molar-refractivity contribution in [2.45, 2.75) is 4.90 Å². The van der Waals surface area contributed by atoms with Gasteiger partial charge in [-0.25, -0.2) is 12.8 Å². The van der Waals surface area contributed by atoms with E-state index in [0.717, 1.165) is 12.1 Å². The monoisotopic (exact) mass is 287 g/mol. The van der Waals surface area contributed by atoms with E-state index in [2.05, 4.69) is 0 Å². The minimum Gasteiger partial charge on any atom is -0.399 e. The van der Waals surface area contributed by atoms with Crippen molar-refractivity contribution in [1.82, 2.24) is 9.62 Å². The molecule has 1 aromatic carbocycles. The van der Waals surface area contributed by atoms with Crippen molar-refractivity contribution < 1.29 is 22.4 Å². The first-order chi connectivity index (χ1) is 8.80. The van der Waals surface area contributed by atoms with Crippen LogP contribution >= 0.6 is 0 Å². The Kier molecular flexibility index (Phi) is 3.25. The van der Waals surface area contributed by atoms with Crippen molar-refractivity contribution >= 4 is 27.5 Å². The number of sulfonamides is 1. The molecule has 2 rings (SSSR count). The number of halogens is 1. The zero-order chi connectivity index (χ0) is 14.2. The van der Waals surface area contributed by atoms with E-state index in [-0.39, 0.29) is 5.69 Å². The van der Waals surface area contributed by atoms with Gasteiger partial charge in [0.2, 0.25) is 21.8 Å². The third-order valence-electron chi connectivity index (χ3n) is 2.49. The average molecular weight is 287 g/mol. The van der Waals surface area contributed by atoms with Gasteiger partial charge < -0.3 is 5.73 Å². The summed E-state index contributed by atoms with van der Waals surface area (Å²) in [4.78, 5) is 21.7. The standard InChI is InChI=1S/C10H10FN3O4S/c11-7-2-1-6(12)3-8(7)19(17,18)14-4-9(15)13-10(16)5-14/h1-3H,4-5,12H2,(H,13,15,16). The Hall–Kier alpha value is -2.00. The third-order valence-corrected chi connectivity index (χ3v) is 4.30. The molecule has 3 N–H and O–H groups in total. The van der Waals surface area contributed by atoms with Crippen molar-refractivity contribution in [2.75, 3.05) is 18.8 Å². The summed E-state index contributed by atoms with van der Waals surface area (Å²) >= 11 is 0. The number of rotatable bonds is 2. The van der Waals surface area contributed by atoms with Crippen LogP contribution in [-0.4, -0.2) is 37.6 Å². The summed E-state index contributed by atoms with van der Waals surface area (Å²) < 4.78 is 38.5. The Morgan fingerprint density at radius 1 is 1.21 bits per heavy atom. The Bertz CT molecular complexity index is 643. The maximum Gasteiger partial charge on any atom is 0.247 e. The molecule has 19 heavy (non-hydrogen) atoms. The van der Waals surface area contributed by atoms with Crippen LogP contribution in [0.3, 0.4) is 0 Å². The minimum atomic E-state index is -4.28. The molecule has 1 aromatic rings. The Morgan fingerprint density at radius 2 is 1.79 bits per heavy atom. The molecule has 0 atom stereocenters. The van der Waals surface area contributed by atoms with Gasteiger partial charge in [0, 0.05) is 5.69 Å². The zero-order valence-electron chi connectivity index (χ0n) is 9.59. The molecule has 1 aliphatic rings. The summed E-state index contributed by atoms with van der Waals surface area (Å²) in [5.41, 5.74) is 5.48. The van der Waals surface area contributed by atoms with Crippen molar-refractivity contribution in [2.24, 2.45) is 0 Å². The lowest BCUT2D eigenvalue weighted by Crippen LogP contribution is -2.53. The number of nitrogens with two attached hydrogens (primary N) is 1. The zero-order valence-corrected chi connectivity index (χ0v) is 10.4. The summed E-state index contributed by atoms with van der Waals surface area (Å²) in [5.74, 6) is -2.51. The molecular formula is C10H10FN3O4S. The van der Waals surface area contributed by atoms with Crippen LogP contribution < -0.4 is 11.1 Å². The first kappa shape index (κ1) is 13.4. The minimum absolute atomic E-state index is 0.0627. The van der Waals surface area contributed by atoms with Gasteiger partial charge in [-0.3, -0.25) is 14.9 Å². The molecule has 1 heterocycles. The van der Waals surface area contributed by atoms with Gasteiger partial charge in [0.25, 0.3) is 0 Å². The summed E-state index contributed by atoms with van der Waals surface area (Å²) in [6.45, 7) is -1.08. The van der Waals surface area contributed by atoms with Crippen LogP contribution in [0.15, 0.2) is 23.1 Å². The number of carbonyl (C=O) groups is 2. The second-order valence-corrected chi connectivity index (χ2v) is 5.84. The van der Waals surface area contributed by atoms with Crippen LogP contribution in [0.1, 0.15) is 0 Å². The molecule has 1 aliphatic heterocycles. The predicted molar refractivity (Wildman–Crippen MR) is 62.7 cm³/mol. The van der Waals surface area contributed by atoms with Gasteiger partial charge in [-0.1, -0.05) is 0 Å². The van der Waals surface area contributed by atoms with Crippen LogP contribution in [0.2, 0.25) is 0 Å². The fourth-order valence-corrected chi connectivity index (χ4v) is 3.09. The Labute approximate surface area is 108 Å². The lowest BCUT2D eigenvalue weighted by molar-refractivity contribution is -0.134. The van der Waals surface area contributed by atoms with E-state index in [9.17, 15) is 22.4 Å². The quantitative estimate of drug-likeness (QED) is 0.538. The summed E-state index contributed by atoms with van der Waals surface area (Å²) in [5, 5.41) is 1.96. The van der Waals surface area contributed by atoms with Gasteiger partial charge in [-0.2, -0.15) is 4.31 Å². The first-order valence-electron chi connectivity index (χ1n) is 5.18. The maximum absolute atomic E-state index is 13.6. The Morgan fingerprint density at radius 3 is 2.37 bits per heavy atom. The number of carbonyl (C=O) groups excluding carboxylic acids is 2. The smallest absolute Gasteiger partial charge is 0.247 e. The second-order valence-electron chi connectivity index (χ2n) is 3.93. The van der Waals surface area contributed by atoms with Crippen molar-refractivity contribution in [3.05, 3.63) is 24.0 Å². The lowest BCUT2D eigenvalue weighted by atomic mass is 10.3. The maximum atomic E-state index is 13.6. The number of benzene rings is 1. The van der Waals surface area contributed by atoms with Gasteiger partial charge in [-0.15, -0.1) is 0 Å². The molecule has 0 unspecified atom stereocenters. The van der Waals surface area contributed by atoms with Crippen LogP contribution in [0.5, 0.6) is 0 Å². The SMILES string of the molecule is Nc1ccc(F)c(S(=O)(=O)N2CC(=O)NC(=O)C2)c1. The number of piperazine rings is 1. The number of nitrogen functional groups attached to an aromatic ring is 1. The van der Waals surface area contributed by atoms with Crippen LogP contribution in [0.4, 0.5) is 10.1 Å². The van der Waals surface area contributed by atoms with Crippen molar-refractivity contribution in [3.8, 4) is 0 Å². The molecule has 1 saturated heterocycles. The third kappa shape index (κ3) is 2.56. The average Bonchev–Trinajstić information content (AvgIpc) is 2.31. The number of nitrogens with zero attached hydrogens (tertiary/aromatic N) is 1. The molecule has 0 aromatic heterocycles. The molecule has 0 radical (unpaired) electrons. The van der Waals surface area contributed by atoms with E-state index in [4.69, 9.17) is 5.73 Å². The molecule has 1 fully saturated rings. The van der Waals surface area contributed by atoms with E-state index in [0.29, 0.717) is 4.31 Å². The fraction of sp³-hybridized carbons (Fsp3) is 0.200. The number of imide groups is 1. The van der Waals surface area contributed by atoms with Gasteiger partial charge in [0.05, 0.1) is 13.1 Å². The molecule has 7 nitrogen and oxygen atoms in total. The molecule has 0 bridgehead atoms. The highest BCUT2D eigenvalue weighted by molar-refractivity contribution is 7.89. The number of hydrogen-bond donors (Lipinski definition) is 2. The summed E-state index contributed by atoms with van der Waals surface area (Å²) in [6.07, 6.45) is 0. The summed E-state index contributed by atoms with van der Waals surface area (Å²) in [6, 6.07) is 3.07. The molecule has 0 aliphatic carbocycles. The fourth-order valence-electron chi connectivity index (χ4n) is 1.64. The second kappa shape index (κ2) is 4.59. The molecular weight excluding hydrogens is 277 g/mol. The van der Waals surface area contributed by atoms with E-state index < -0.39 is 45.6 Å². The molecule has 2 amide bonds. The molecule has 0 saturated carbocycles. The number of amides is 2. The van der Waals surface area contributed by atoms with E-state index in [1.165, 1.54) is 6.07 Å². The lowest BCUT2D eigenvalue weighted by Gasteiger charge is -2.24. The van der Waals surface area contributed by atoms with Gasteiger partial charge in [0.1, 0.15) is 10.7 Å². The number of anilines is 1. The molecule has 102 valence electrons. The molecule has 9 heteroatoms. The van der Waals surface area contributed by atoms with E-state index in [1.54, 1.807) is 0 Å². The topological polar surface area (TPSA) is 110 Å². The van der Waals surface area contributed by atoms with Crippen molar-refractivity contribution in [1.29, 1.82) is 0 Å². The molecule has 0 spiro atoms. The highest BCUT2D eigenvalue weighted by Crippen LogP contribution is 2.22. The van der Waals surface area contributed by atoms with Crippen LogP contribution in [-0.2, 0) is 19.6 Å². The number of hydrogen-bond acceptors (Lipinski definition) is 5. The highest BCUT2D eigenvalue weighted by atomic mass is 32.2. The summed E-state index contributed by atoms with van der Waals surface area (Å²) in [7, 11) is -4.28. The number of nitrogens with one attached hydrogen (secondary N) is 1. The van der Waals surface area contributed by atoms with Gasteiger partial charge >= 0.3 is 0 Å². The normalized spacial score (nSPS) is 17.3. The van der Waals surface area contributed by atoms with Crippen molar-refractivity contribution in [3.63, 3.8) is 0 Å². The van der Waals surface area contributed by atoms with Gasteiger partial charge in [0.15, 0.2) is 0 Å². The Balaban J connectivity index is 2.44. The highest BCUT2D eigenvalue weighted by Gasteiger charge is 2.34. The first-order valence-corrected chi connectivity index (χ1v) is 6.62. The van der Waals surface area contributed by atoms with E-state index >= 15 is 0 Å². The van der Waals surface area contributed by atoms with Crippen LogP contribution in [0.25, 0.3) is 0 Å². The van der Waals surface area contributed by atoms with Crippen LogP contribution in [0, 0.1) is 5.82 Å². The van der Waals surface area contributed by atoms with E-state index in [1.807, 2.05) is 5.32 Å². The largest absolute Gasteiger partial charge is 0.399 e. The van der Waals surface area contributed by atoms with Gasteiger partial charge in [-0.05, 0) is 18.2 Å².